The molecule has 4 nitrogen and oxygen atoms in total. The van der Waals surface area contributed by atoms with E-state index in [4.69, 9.17) is 16.3 Å². The minimum atomic E-state index is 0.300. The molecule has 0 aromatic carbocycles. The quantitative estimate of drug-likeness (QED) is 0.878. The fourth-order valence-corrected chi connectivity index (χ4v) is 3.40. The van der Waals surface area contributed by atoms with E-state index in [1.807, 2.05) is 11.4 Å². The van der Waals surface area contributed by atoms with Crippen LogP contribution in [0.2, 0.25) is 5.28 Å². The summed E-state index contributed by atoms with van der Waals surface area (Å²) in [7, 11) is 1.77. The molecule has 0 aliphatic heterocycles. The molecule has 3 rings (SSSR count). The molecular weight excluding hydrogens is 270 g/mol. The van der Waals surface area contributed by atoms with E-state index in [9.17, 15) is 0 Å². The highest BCUT2D eigenvalue weighted by Crippen LogP contribution is 2.30. The molecule has 0 spiro atoms. The molecule has 6 heteroatoms. The first-order valence-electron chi connectivity index (χ1n) is 5.96. The van der Waals surface area contributed by atoms with Gasteiger partial charge in [0.05, 0.1) is 11.5 Å². The summed E-state index contributed by atoms with van der Waals surface area (Å²) in [6.45, 7) is 0. The Bertz CT molecular complexity index is 559. The van der Waals surface area contributed by atoms with Gasteiger partial charge in [-0.05, 0) is 42.3 Å². The molecule has 2 aromatic heterocycles. The van der Waals surface area contributed by atoms with Gasteiger partial charge in [0.2, 0.25) is 5.28 Å². The van der Waals surface area contributed by atoms with Crippen LogP contribution < -0.4 is 5.32 Å². The highest BCUT2D eigenvalue weighted by Gasteiger charge is 2.25. The lowest BCUT2D eigenvalue weighted by Crippen LogP contribution is -2.18. The van der Waals surface area contributed by atoms with Gasteiger partial charge in [-0.2, -0.15) is 0 Å². The number of nitrogens with one attached hydrogen (secondary N) is 1. The maximum absolute atomic E-state index is 5.94. The van der Waals surface area contributed by atoms with Gasteiger partial charge in [0, 0.05) is 13.2 Å². The summed E-state index contributed by atoms with van der Waals surface area (Å²) in [4.78, 5) is 9.44. The van der Waals surface area contributed by atoms with Gasteiger partial charge >= 0.3 is 0 Å². The van der Waals surface area contributed by atoms with Crippen molar-refractivity contribution in [3.05, 3.63) is 16.7 Å². The van der Waals surface area contributed by atoms with Gasteiger partial charge < -0.3 is 10.1 Å². The van der Waals surface area contributed by atoms with Crippen LogP contribution in [0, 0.1) is 0 Å². The Morgan fingerprint density at radius 2 is 2.33 bits per heavy atom. The van der Waals surface area contributed by atoms with Crippen molar-refractivity contribution in [2.24, 2.45) is 0 Å². The number of methoxy groups -OCH3 is 1. The zero-order valence-corrected chi connectivity index (χ0v) is 11.6. The van der Waals surface area contributed by atoms with Crippen molar-refractivity contribution in [3.63, 3.8) is 0 Å². The van der Waals surface area contributed by atoms with Gasteiger partial charge in [0.25, 0.3) is 0 Å². The zero-order valence-electron chi connectivity index (χ0n) is 10.0. The van der Waals surface area contributed by atoms with Crippen LogP contribution in [0.4, 0.5) is 5.82 Å². The summed E-state index contributed by atoms with van der Waals surface area (Å²) >= 11 is 7.52. The molecule has 2 unspecified atom stereocenters. The highest BCUT2D eigenvalue weighted by molar-refractivity contribution is 7.16. The van der Waals surface area contributed by atoms with Crippen molar-refractivity contribution in [1.29, 1.82) is 0 Å². The number of fused-ring (bicyclic) bond motifs is 1. The van der Waals surface area contributed by atoms with Gasteiger partial charge in [0.1, 0.15) is 10.6 Å². The topological polar surface area (TPSA) is 47.0 Å². The van der Waals surface area contributed by atoms with E-state index >= 15 is 0 Å². The Balaban J connectivity index is 1.84. The van der Waals surface area contributed by atoms with Crippen LogP contribution in [0.5, 0.6) is 0 Å². The number of halogens is 1. The van der Waals surface area contributed by atoms with Gasteiger partial charge in [-0.1, -0.05) is 0 Å². The maximum Gasteiger partial charge on any atom is 0.225 e. The van der Waals surface area contributed by atoms with Crippen molar-refractivity contribution >= 4 is 39.0 Å². The first-order valence-corrected chi connectivity index (χ1v) is 7.22. The number of ether oxygens (including phenoxy) is 1. The standard InChI is InChI=1S/C12H14ClN3OS/c1-17-8-3-2-7(6-8)14-10-9-4-5-18-11(9)16-12(13)15-10/h4-5,7-8H,2-3,6H2,1H3,(H,14,15,16). The molecule has 1 fully saturated rings. The lowest BCUT2D eigenvalue weighted by molar-refractivity contribution is 0.108. The first-order chi connectivity index (χ1) is 8.76. The third-order valence-corrected chi connectivity index (χ3v) is 4.33. The maximum atomic E-state index is 5.94. The molecule has 18 heavy (non-hydrogen) atoms. The van der Waals surface area contributed by atoms with Gasteiger partial charge in [-0.3, -0.25) is 0 Å². The Kier molecular flexibility index (Phi) is 3.37. The number of thiophene rings is 1. The van der Waals surface area contributed by atoms with Crippen LogP contribution in [0.1, 0.15) is 19.3 Å². The third kappa shape index (κ3) is 2.30. The molecule has 1 N–H and O–H groups in total. The summed E-state index contributed by atoms with van der Waals surface area (Å²) in [5, 5.41) is 6.82. The largest absolute Gasteiger partial charge is 0.381 e. The Hall–Kier alpha value is -0.910. The smallest absolute Gasteiger partial charge is 0.225 e. The average molecular weight is 284 g/mol. The Labute approximate surface area is 114 Å². The molecule has 2 atom stereocenters. The normalized spacial score (nSPS) is 23.7. The van der Waals surface area contributed by atoms with Gasteiger partial charge in [0.15, 0.2) is 0 Å². The highest BCUT2D eigenvalue weighted by atomic mass is 35.5. The van der Waals surface area contributed by atoms with E-state index in [1.165, 1.54) is 0 Å². The van der Waals surface area contributed by atoms with E-state index < -0.39 is 0 Å². The van der Waals surface area contributed by atoms with Crippen LogP contribution in [0.25, 0.3) is 10.2 Å². The van der Waals surface area contributed by atoms with E-state index in [2.05, 4.69) is 15.3 Å². The van der Waals surface area contributed by atoms with Crippen molar-refractivity contribution in [3.8, 4) is 0 Å². The second-order valence-corrected chi connectivity index (χ2v) is 5.73. The van der Waals surface area contributed by atoms with Crippen LogP contribution in [-0.4, -0.2) is 29.2 Å². The summed E-state index contributed by atoms with van der Waals surface area (Å²) in [6, 6.07) is 2.44. The van der Waals surface area contributed by atoms with Crippen LogP contribution >= 0.6 is 22.9 Å². The summed E-state index contributed by atoms with van der Waals surface area (Å²) in [5.41, 5.74) is 0. The third-order valence-electron chi connectivity index (χ3n) is 3.36. The van der Waals surface area contributed by atoms with E-state index in [-0.39, 0.29) is 0 Å². The zero-order chi connectivity index (χ0) is 12.5. The molecule has 0 bridgehead atoms. The molecule has 1 aliphatic rings. The minimum absolute atomic E-state index is 0.300. The summed E-state index contributed by atoms with van der Waals surface area (Å²) in [6.07, 6.45) is 3.58. The van der Waals surface area contributed by atoms with Crippen molar-refractivity contribution in [2.45, 2.75) is 31.4 Å². The number of hydrogen-bond donors (Lipinski definition) is 1. The Morgan fingerprint density at radius 1 is 1.44 bits per heavy atom. The second-order valence-electron chi connectivity index (χ2n) is 4.49. The number of nitrogens with zero attached hydrogens (tertiary/aromatic N) is 2. The summed E-state index contributed by atoms with van der Waals surface area (Å²) in [5.74, 6) is 0.841. The first kappa shape index (κ1) is 12.1. The SMILES string of the molecule is COC1CCC(Nc2nc(Cl)nc3sccc23)C1. The molecule has 2 heterocycles. The minimum Gasteiger partial charge on any atom is -0.381 e. The van der Waals surface area contributed by atoms with Crippen molar-refractivity contribution in [1.82, 2.24) is 9.97 Å². The number of anilines is 1. The van der Waals surface area contributed by atoms with Crippen LogP contribution in [0.15, 0.2) is 11.4 Å². The number of hydrogen-bond acceptors (Lipinski definition) is 5. The monoisotopic (exact) mass is 283 g/mol. The second kappa shape index (κ2) is 4.99. The average Bonchev–Trinajstić information content (AvgIpc) is 2.97. The molecule has 96 valence electrons. The van der Waals surface area contributed by atoms with E-state index in [0.717, 1.165) is 35.3 Å². The number of rotatable bonds is 3. The molecule has 1 aliphatic carbocycles. The number of aromatic nitrogens is 2. The predicted molar refractivity (Wildman–Crippen MR) is 74.5 cm³/mol. The molecule has 0 radical (unpaired) electrons. The van der Waals surface area contributed by atoms with Crippen LogP contribution in [0.3, 0.4) is 0 Å². The summed E-state index contributed by atoms with van der Waals surface area (Å²) < 4.78 is 5.38. The van der Waals surface area contributed by atoms with E-state index in [0.29, 0.717) is 17.4 Å². The Morgan fingerprint density at radius 3 is 3.11 bits per heavy atom. The van der Waals surface area contributed by atoms with Crippen molar-refractivity contribution < 1.29 is 4.74 Å². The van der Waals surface area contributed by atoms with Gasteiger partial charge in [-0.25, -0.2) is 9.97 Å². The van der Waals surface area contributed by atoms with E-state index in [1.54, 1.807) is 18.4 Å². The molecule has 2 aromatic rings. The fourth-order valence-electron chi connectivity index (χ4n) is 2.42. The molecule has 1 saturated carbocycles. The van der Waals surface area contributed by atoms with Crippen LogP contribution in [-0.2, 0) is 4.74 Å². The predicted octanol–water partition coefficient (Wildman–Crippen LogP) is 3.32. The lowest BCUT2D eigenvalue weighted by atomic mass is 10.2. The molecule has 0 amide bonds. The fraction of sp³-hybridized carbons (Fsp3) is 0.500. The molecule has 0 saturated heterocycles. The molecular formula is C12H14ClN3OS. The van der Waals surface area contributed by atoms with Gasteiger partial charge in [-0.15, -0.1) is 11.3 Å². The van der Waals surface area contributed by atoms with Crippen molar-refractivity contribution in [2.75, 3.05) is 12.4 Å². The lowest BCUT2D eigenvalue weighted by Gasteiger charge is -2.14.